The van der Waals surface area contributed by atoms with Crippen LogP contribution in [0.25, 0.3) is 0 Å². The molecule has 1 aliphatic rings. The second kappa shape index (κ2) is 8.61. The molecule has 1 heterocycles. The van der Waals surface area contributed by atoms with Gasteiger partial charge in [0.05, 0.1) is 10.6 Å². The van der Waals surface area contributed by atoms with E-state index in [4.69, 9.17) is 16.3 Å². The Labute approximate surface area is 186 Å². The van der Waals surface area contributed by atoms with E-state index in [1.807, 2.05) is 25.1 Å². The molecular weight excluding hydrogens is 436 g/mol. The topological polar surface area (TPSA) is 75.7 Å². The van der Waals surface area contributed by atoms with E-state index in [1.54, 1.807) is 41.3 Å². The summed E-state index contributed by atoms with van der Waals surface area (Å²) in [6, 6.07) is 18.6. The van der Waals surface area contributed by atoms with E-state index < -0.39 is 10.0 Å². The van der Waals surface area contributed by atoms with Crippen LogP contribution in [0.1, 0.15) is 18.9 Å². The summed E-state index contributed by atoms with van der Waals surface area (Å²) < 4.78 is 34.6. The molecular formula is C23H21ClN2O4S. The molecule has 1 aliphatic heterocycles. The van der Waals surface area contributed by atoms with Crippen molar-refractivity contribution in [3.05, 3.63) is 77.3 Å². The molecule has 160 valence electrons. The van der Waals surface area contributed by atoms with Crippen molar-refractivity contribution >= 4 is 38.9 Å². The Morgan fingerprint density at radius 3 is 2.61 bits per heavy atom. The standard InChI is InChI=1S/C23H21ClN2O4S/c1-2-23(27)26-13-12-16-14-19(9-10-21(16)26)31(28,29)25-20-15-17(24)8-11-22(20)30-18-6-4-3-5-7-18/h3-11,14-15,25H,2,12-13H2,1H3. The molecule has 8 heteroatoms. The van der Waals surface area contributed by atoms with Gasteiger partial charge in [-0.15, -0.1) is 0 Å². The number of carbonyl (C=O) groups is 1. The molecule has 0 radical (unpaired) electrons. The fraction of sp³-hybridized carbons (Fsp3) is 0.174. The molecule has 0 bridgehead atoms. The first kappa shape index (κ1) is 21.2. The number of hydrogen-bond donors (Lipinski definition) is 1. The van der Waals surface area contributed by atoms with Crippen molar-refractivity contribution in [2.75, 3.05) is 16.2 Å². The molecule has 1 N–H and O–H groups in total. The van der Waals surface area contributed by atoms with Gasteiger partial charge in [-0.25, -0.2) is 8.42 Å². The number of para-hydroxylation sites is 1. The number of carbonyl (C=O) groups excluding carboxylic acids is 1. The SMILES string of the molecule is CCC(=O)N1CCc2cc(S(=O)(=O)Nc3cc(Cl)ccc3Oc3ccccc3)ccc21. The Morgan fingerprint density at radius 2 is 1.87 bits per heavy atom. The summed E-state index contributed by atoms with van der Waals surface area (Å²) in [5, 5.41) is 0.376. The van der Waals surface area contributed by atoms with Gasteiger partial charge in [0.25, 0.3) is 10.0 Å². The number of rotatable bonds is 6. The molecule has 31 heavy (non-hydrogen) atoms. The smallest absolute Gasteiger partial charge is 0.262 e. The molecule has 0 saturated carbocycles. The average Bonchev–Trinajstić information content (AvgIpc) is 3.19. The lowest BCUT2D eigenvalue weighted by atomic mass is 10.2. The van der Waals surface area contributed by atoms with Gasteiger partial charge in [0.15, 0.2) is 5.75 Å². The second-order valence-corrected chi connectivity index (χ2v) is 9.22. The van der Waals surface area contributed by atoms with E-state index in [2.05, 4.69) is 4.72 Å². The number of sulfonamides is 1. The number of fused-ring (bicyclic) bond motifs is 1. The molecule has 1 amide bonds. The number of benzene rings is 3. The molecule has 0 unspecified atom stereocenters. The van der Waals surface area contributed by atoms with E-state index in [-0.39, 0.29) is 16.5 Å². The van der Waals surface area contributed by atoms with Gasteiger partial charge in [0.1, 0.15) is 5.75 Å². The fourth-order valence-corrected chi connectivity index (χ4v) is 4.77. The van der Waals surface area contributed by atoms with Gasteiger partial charge in [0, 0.05) is 23.7 Å². The van der Waals surface area contributed by atoms with Gasteiger partial charge in [-0.2, -0.15) is 0 Å². The maximum Gasteiger partial charge on any atom is 0.262 e. The lowest BCUT2D eigenvalue weighted by Gasteiger charge is -2.17. The average molecular weight is 457 g/mol. The van der Waals surface area contributed by atoms with Crippen LogP contribution in [-0.2, 0) is 21.2 Å². The second-order valence-electron chi connectivity index (χ2n) is 7.10. The Bertz CT molecular complexity index is 1230. The van der Waals surface area contributed by atoms with Crippen LogP contribution >= 0.6 is 11.6 Å². The Morgan fingerprint density at radius 1 is 1.10 bits per heavy atom. The van der Waals surface area contributed by atoms with Gasteiger partial charge in [0.2, 0.25) is 5.91 Å². The minimum absolute atomic E-state index is 0.0223. The van der Waals surface area contributed by atoms with Crippen LogP contribution in [0, 0.1) is 0 Å². The summed E-state index contributed by atoms with van der Waals surface area (Å²) in [6.07, 6.45) is 1.02. The minimum atomic E-state index is -3.90. The largest absolute Gasteiger partial charge is 0.455 e. The van der Waals surface area contributed by atoms with Crippen molar-refractivity contribution in [1.82, 2.24) is 0 Å². The Balaban J connectivity index is 1.63. The highest BCUT2D eigenvalue weighted by molar-refractivity contribution is 7.92. The van der Waals surface area contributed by atoms with Crippen LogP contribution < -0.4 is 14.4 Å². The highest BCUT2D eigenvalue weighted by Crippen LogP contribution is 2.35. The maximum absolute atomic E-state index is 13.1. The van der Waals surface area contributed by atoms with E-state index in [1.165, 1.54) is 12.1 Å². The molecule has 0 saturated heterocycles. The predicted molar refractivity (Wildman–Crippen MR) is 122 cm³/mol. The summed E-state index contributed by atoms with van der Waals surface area (Å²) in [4.78, 5) is 13.9. The van der Waals surface area contributed by atoms with E-state index in [9.17, 15) is 13.2 Å². The van der Waals surface area contributed by atoms with Gasteiger partial charge in [-0.05, 0) is 60.5 Å². The zero-order valence-corrected chi connectivity index (χ0v) is 18.4. The van der Waals surface area contributed by atoms with Crippen LogP contribution in [0.2, 0.25) is 5.02 Å². The Hall–Kier alpha value is -3.03. The summed E-state index contributed by atoms with van der Waals surface area (Å²) in [6.45, 7) is 2.37. The number of halogens is 1. The molecule has 0 spiro atoms. The van der Waals surface area contributed by atoms with Gasteiger partial charge >= 0.3 is 0 Å². The van der Waals surface area contributed by atoms with E-state index >= 15 is 0 Å². The molecule has 0 aromatic heterocycles. The Kier molecular flexibility index (Phi) is 5.89. The number of nitrogens with one attached hydrogen (secondary N) is 1. The quantitative estimate of drug-likeness (QED) is 0.550. The molecule has 0 atom stereocenters. The summed E-state index contributed by atoms with van der Waals surface area (Å²) >= 11 is 6.10. The molecule has 3 aromatic carbocycles. The zero-order chi connectivity index (χ0) is 22.0. The van der Waals surface area contributed by atoms with Crippen molar-refractivity contribution < 1.29 is 17.9 Å². The van der Waals surface area contributed by atoms with E-state index in [0.29, 0.717) is 35.9 Å². The number of ether oxygens (including phenoxy) is 1. The highest BCUT2D eigenvalue weighted by atomic mass is 35.5. The lowest BCUT2D eigenvalue weighted by molar-refractivity contribution is -0.118. The minimum Gasteiger partial charge on any atom is -0.455 e. The summed E-state index contributed by atoms with van der Waals surface area (Å²) in [5.41, 5.74) is 1.83. The monoisotopic (exact) mass is 456 g/mol. The summed E-state index contributed by atoms with van der Waals surface area (Å²) in [5.74, 6) is 0.928. The number of nitrogens with zero attached hydrogens (tertiary/aromatic N) is 1. The normalized spacial score (nSPS) is 13.0. The van der Waals surface area contributed by atoms with Gasteiger partial charge in [-0.1, -0.05) is 36.7 Å². The maximum atomic E-state index is 13.1. The third-order valence-corrected chi connectivity index (χ3v) is 6.62. The molecule has 0 fully saturated rings. The van der Waals surface area contributed by atoms with Crippen molar-refractivity contribution in [2.24, 2.45) is 0 Å². The molecule has 0 aliphatic carbocycles. The van der Waals surface area contributed by atoms with Gasteiger partial charge < -0.3 is 9.64 Å². The van der Waals surface area contributed by atoms with Crippen molar-refractivity contribution in [2.45, 2.75) is 24.7 Å². The van der Waals surface area contributed by atoms with Crippen LogP contribution in [0.4, 0.5) is 11.4 Å². The first-order valence-corrected chi connectivity index (χ1v) is 11.7. The number of anilines is 2. The third kappa shape index (κ3) is 4.52. The number of hydrogen-bond acceptors (Lipinski definition) is 4. The molecule has 4 rings (SSSR count). The summed E-state index contributed by atoms with van der Waals surface area (Å²) in [7, 11) is -3.90. The van der Waals surface area contributed by atoms with Crippen LogP contribution in [0.5, 0.6) is 11.5 Å². The molecule has 6 nitrogen and oxygen atoms in total. The van der Waals surface area contributed by atoms with Crippen LogP contribution in [0.3, 0.4) is 0 Å². The van der Waals surface area contributed by atoms with Crippen LogP contribution in [-0.4, -0.2) is 20.9 Å². The predicted octanol–water partition coefficient (Wildman–Crippen LogP) is 5.23. The van der Waals surface area contributed by atoms with Crippen LogP contribution in [0.15, 0.2) is 71.6 Å². The van der Waals surface area contributed by atoms with Gasteiger partial charge in [-0.3, -0.25) is 9.52 Å². The van der Waals surface area contributed by atoms with Crippen molar-refractivity contribution in [1.29, 1.82) is 0 Å². The highest BCUT2D eigenvalue weighted by Gasteiger charge is 2.26. The lowest BCUT2D eigenvalue weighted by Crippen LogP contribution is -2.27. The van der Waals surface area contributed by atoms with Crippen molar-refractivity contribution in [3.63, 3.8) is 0 Å². The molecule has 3 aromatic rings. The first-order chi connectivity index (χ1) is 14.9. The van der Waals surface area contributed by atoms with Crippen molar-refractivity contribution in [3.8, 4) is 11.5 Å². The fourth-order valence-electron chi connectivity index (χ4n) is 3.49. The zero-order valence-electron chi connectivity index (χ0n) is 16.8. The van der Waals surface area contributed by atoms with E-state index in [0.717, 1.165) is 11.3 Å². The third-order valence-electron chi connectivity index (χ3n) is 5.02. The number of amides is 1. The first-order valence-electron chi connectivity index (χ1n) is 9.86.